The number of aryl methyl sites for hydroxylation is 1. The number of carbonyl (C=O) groups excluding carboxylic acids is 2. The fraction of sp³-hybridized carbons (Fsp3) is 0.462. The Kier molecular flexibility index (Phi) is 3.53. The van der Waals surface area contributed by atoms with Gasteiger partial charge in [0.2, 0.25) is 11.8 Å². The number of hydrogen-bond acceptors (Lipinski definition) is 4. The van der Waals surface area contributed by atoms with E-state index in [0.29, 0.717) is 18.7 Å². The number of hydrogen-bond donors (Lipinski definition) is 2. The normalized spacial score (nSPS) is 22.4. The number of pyridine rings is 1. The molecule has 1 aliphatic rings. The SMILES string of the molecule is CC(=O)N1CCC(N)(C(=O)Nc2ccc(C)nc2)C1. The first-order chi connectivity index (χ1) is 8.90. The molecule has 0 saturated carbocycles. The van der Waals surface area contributed by atoms with Crippen LogP contribution >= 0.6 is 0 Å². The van der Waals surface area contributed by atoms with Gasteiger partial charge in [-0.15, -0.1) is 0 Å². The number of rotatable bonds is 2. The van der Waals surface area contributed by atoms with Gasteiger partial charge in [-0.25, -0.2) is 0 Å². The summed E-state index contributed by atoms with van der Waals surface area (Å²) in [6.45, 7) is 4.13. The third-order valence-corrected chi connectivity index (χ3v) is 3.37. The second kappa shape index (κ2) is 4.97. The first kappa shape index (κ1) is 13.5. The van der Waals surface area contributed by atoms with Crippen LogP contribution in [-0.2, 0) is 9.59 Å². The number of amides is 2. The van der Waals surface area contributed by atoms with Crippen molar-refractivity contribution in [1.29, 1.82) is 0 Å². The molecule has 2 heterocycles. The van der Waals surface area contributed by atoms with Crippen LogP contribution in [0.5, 0.6) is 0 Å². The van der Waals surface area contributed by atoms with Gasteiger partial charge in [0.25, 0.3) is 0 Å². The van der Waals surface area contributed by atoms with Gasteiger partial charge in [0.15, 0.2) is 0 Å². The Bertz CT molecular complexity index is 500. The zero-order valence-electron chi connectivity index (χ0n) is 11.1. The van der Waals surface area contributed by atoms with Crippen LogP contribution in [0.1, 0.15) is 19.0 Å². The van der Waals surface area contributed by atoms with Gasteiger partial charge >= 0.3 is 0 Å². The van der Waals surface area contributed by atoms with Crippen LogP contribution in [0.2, 0.25) is 0 Å². The lowest BCUT2D eigenvalue weighted by molar-refractivity contribution is -0.128. The number of nitrogens with one attached hydrogen (secondary N) is 1. The number of nitrogens with zero attached hydrogens (tertiary/aromatic N) is 2. The molecule has 3 N–H and O–H groups in total. The molecule has 0 aromatic carbocycles. The van der Waals surface area contributed by atoms with E-state index in [1.165, 1.54) is 6.92 Å². The molecule has 6 heteroatoms. The Labute approximate surface area is 112 Å². The van der Waals surface area contributed by atoms with E-state index in [1.807, 2.05) is 13.0 Å². The van der Waals surface area contributed by atoms with Crippen molar-refractivity contribution in [3.8, 4) is 0 Å². The molecule has 1 saturated heterocycles. The number of aromatic nitrogens is 1. The Hall–Kier alpha value is -1.95. The maximum absolute atomic E-state index is 12.2. The molecular weight excluding hydrogens is 244 g/mol. The first-order valence-corrected chi connectivity index (χ1v) is 6.19. The van der Waals surface area contributed by atoms with E-state index in [1.54, 1.807) is 17.2 Å². The maximum atomic E-state index is 12.2. The van der Waals surface area contributed by atoms with E-state index in [9.17, 15) is 9.59 Å². The predicted octanol–water partition coefficient (Wildman–Crippen LogP) is 0.278. The molecule has 1 atom stereocenters. The number of carbonyl (C=O) groups is 2. The van der Waals surface area contributed by atoms with Gasteiger partial charge in [-0.1, -0.05) is 0 Å². The Morgan fingerprint density at radius 1 is 1.47 bits per heavy atom. The molecule has 2 rings (SSSR count). The van der Waals surface area contributed by atoms with E-state index in [0.717, 1.165) is 5.69 Å². The van der Waals surface area contributed by atoms with Crippen LogP contribution in [0.15, 0.2) is 18.3 Å². The minimum atomic E-state index is -1.02. The molecule has 1 fully saturated rings. The monoisotopic (exact) mass is 262 g/mol. The summed E-state index contributed by atoms with van der Waals surface area (Å²) in [6.07, 6.45) is 2.06. The summed E-state index contributed by atoms with van der Waals surface area (Å²) in [5.74, 6) is -0.334. The van der Waals surface area contributed by atoms with Crippen molar-refractivity contribution in [3.05, 3.63) is 24.0 Å². The smallest absolute Gasteiger partial charge is 0.246 e. The maximum Gasteiger partial charge on any atom is 0.246 e. The van der Waals surface area contributed by atoms with Crippen LogP contribution in [0.3, 0.4) is 0 Å². The highest BCUT2D eigenvalue weighted by Crippen LogP contribution is 2.21. The summed E-state index contributed by atoms with van der Waals surface area (Å²) in [5.41, 5.74) is 6.56. The molecule has 0 spiro atoms. The first-order valence-electron chi connectivity index (χ1n) is 6.19. The minimum absolute atomic E-state index is 0.0582. The molecule has 1 aliphatic heterocycles. The van der Waals surface area contributed by atoms with Crippen LogP contribution in [0.4, 0.5) is 5.69 Å². The summed E-state index contributed by atoms with van der Waals surface area (Å²) in [5, 5.41) is 2.75. The lowest BCUT2D eigenvalue weighted by Crippen LogP contribution is -2.53. The molecule has 0 aliphatic carbocycles. The summed E-state index contributed by atoms with van der Waals surface area (Å²) in [4.78, 5) is 29.2. The largest absolute Gasteiger partial charge is 0.340 e. The Balaban J connectivity index is 2.04. The summed E-state index contributed by atoms with van der Waals surface area (Å²) >= 11 is 0. The number of likely N-dealkylation sites (tertiary alicyclic amines) is 1. The molecular formula is C13H18N4O2. The van der Waals surface area contributed by atoms with Crippen LogP contribution in [0, 0.1) is 6.92 Å². The van der Waals surface area contributed by atoms with E-state index in [-0.39, 0.29) is 18.4 Å². The molecule has 0 bridgehead atoms. The van der Waals surface area contributed by atoms with Crippen molar-refractivity contribution in [3.63, 3.8) is 0 Å². The van der Waals surface area contributed by atoms with Crippen molar-refractivity contribution >= 4 is 17.5 Å². The van der Waals surface area contributed by atoms with Gasteiger partial charge in [-0.3, -0.25) is 14.6 Å². The predicted molar refractivity (Wildman–Crippen MR) is 71.4 cm³/mol. The third kappa shape index (κ3) is 2.90. The van der Waals surface area contributed by atoms with Crippen molar-refractivity contribution in [1.82, 2.24) is 9.88 Å². The van der Waals surface area contributed by atoms with Crippen LogP contribution in [0.25, 0.3) is 0 Å². The van der Waals surface area contributed by atoms with Crippen LogP contribution < -0.4 is 11.1 Å². The quantitative estimate of drug-likeness (QED) is 0.801. The fourth-order valence-electron chi connectivity index (χ4n) is 2.08. The molecule has 102 valence electrons. The highest BCUT2D eigenvalue weighted by atomic mass is 16.2. The van der Waals surface area contributed by atoms with E-state index >= 15 is 0 Å². The average molecular weight is 262 g/mol. The molecule has 1 aromatic rings. The summed E-state index contributed by atoms with van der Waals surface area (Å²) in [6, 6.07) is 3.59. The zero-order chi connectivity index (χ0) is 14.0. The molecule has 6 nitrogen and oxygen atoms in total. The third-order valence-electron chi connectivity index (χ3n) is 3.37. The minimum Gasteiger partial charge on any atom is -0.340 e. The lowest BCUT2D eigenvalue weighted by atomic mass is 9.99. The van der Waals surface area contributed by atoms with Gasteiger partial charge in [0, 0.05) is 25.7 Å². The van der Waals surface area contributed by atoms with E-state index in [2.05, 4.69) is 10.3 Å². The van der Waals surface area contributed by atoms with Gasteiger partial charge < -0.3 is 16.0 Å². The van der Waals surface area contributed by atoms with E-state index in [4.69, 9.17) is 5.73 Å². The van der Waals surface area contributed by atoms with Crippen molar-refractivity contribution < 1.29 is 9.59 Å². The molecule has 1 unspecified atom stereocenters. The van der Waals surface area contributed by atoms with Crippen LogP contribution in [-0.4, -0.2) is 40.3 Å². The van der Waals surface area contributed by atoms with Gasteiger partial charge in [-0.05, 0) is 25.5 Å². The van der Waals surface area contributed by atoms with Crippen molar-refractivity contribution in [2.24, 2.45) is 5.73 Å². The molecule has 19 heavy (non-hydrogen) atoms. The number of nitrogens with two attached hydrogens (primary N) is 1. The Morgan fingerprint density at radius 3 is 2.74 bits per heavy atom. The lowest BCUT2D eigenvalue weighted by Gasteiger charge is -2.23. The van der Waals surface area contributed by atoms with Gasteiger partial charge in [0.1, 0.15) is 5.54 Å². The fourth-order valence-corrected chi connectivity index (χ4v) is 2.08. The summed E-state index contributed by atoms with van der Waals surface area (Å²) in [7, 11) is 0. The number of anilines is 1. The van der Waals surface area contributed by atoms with E-state index < -0.39 is 5.54 Å². The molecule has 0 radical (unpaired) electrons. The molecule has 2 amide bonds. The topological polar surface area (TPSA) is 88.3 Å². The molecule has 1 aromatic heterocycles. The standard InChI is InChI=1S/C13H18N4O2/c1-9-3-4-11(7-15-9)16-12(19)13(14)5-6-17(8-13)10(2)18/h3-4,7H,5-6,8,14H2,1-2H3,(H,16,19). The second-order valence-electron chi connectivity index (χ2n) is 4.99. The van der Waals surface area contributed by atoms with Gasteiger partial charge in [-0.2, -0.15) is 0 Å². The van der Waals surface area contributed by atoms with Crippen molar-refractivity contribution in [2.45, 2.75) is 25.8 Å². The Morgan fingerprint density at radius 2 is 2.21 bits per heavy atom. The second-order valence-corrected chi connectivity index (χ2v) is 4.99. The highest BCUT2D eigenvalue weighted by Gasteiger charge is 2.42. The van der Waals surface area contributed by atoms with Gasteiger partial charge in [0.05, 0.1) is 11.9 Å². The zero-order valence-corrected chi connectivity index (χ0v) is 11.1. The average Bonchev–Trinajstić information content (AvgIpc) is 2.76. The summed E-state index contributed by atoms with van der Waals surface area (Å²) < 4.78 is 0. The highest BCUT2D eigenvalue weighted by molar-refractivity contribution is 5.98. The van der Waals surface area contributed by atoms with Crippen molar-refractivity contribution in [2.75, 3.05) is 18.4 Å².